The molecular weight excluding hydrogens is 204 g/mol. The van der Waals surface area contributed by atoms with Gasteiger partial charge in [0.05, 0.1) is 0 Å². The van der Waals surface area contributed by atoms with Crippen LogP contribution in [-0.2, 0) is 0 Å². The van der Waals surface area contributed by atoms with E-state index in [9.17, 15) is 0 Å². The molecule has 0 nitrogen and oxygen atoms in total. The summed E-state index contributed by atoms with van der Waals surface area (Å²) >= 11 is 0. The van der Waals surface area contributed by atoms with E-state index < -0.39 is 0 Å². The second-order valence-electron chi connectivity index (χ2n) is 6.32. The van der Waals surface area contributed by atoms with Crippen molar-refractivity contribution in [2.75, 3.05) is 0 Å². The summed E-state index contributed by atoms with van der Waals surface area (Å²) in [6, 6.07) is 0. The Balaban J connectivity index is 2.22. The number of hydrogen-bond acceptors (Lipinski definition) is 0. The molecule has 0 radical (unpaired) electrons. The van der Waals surface area contributed by atoms with E-state index in [4.69, 9.17) is 0 Å². The third-order valence-electron chi connectivity index (χ3n) is 4.87. The molecular formula is C17H34. The quantitative estimate of drug-likeness (QED) is 0.419. The molecule has 1 saturated carbocycles. The van der Waals surface area contributed by atoms with Crippen molar-refractivity contribution in [3.8, 4) is 0 Å². The fourth-order valence-electron chi connectivity index (χ4n) is 3.83. The lowest BCUT2D eigenvalue weighted by Gasteiger charge is -2.26. The van der Waals surface area contributed by atoms with Crippen molar-refractivity contribution in [3.63, 3.8) is 0 Å². The Labute approximate surface area is 110 Å². The third-order valence-corrected chi connectivity index (χ3v) is 4.87. The van der Waals surface area contributed by atoms with Crippen LogP contribution in [0.5, 0.6) is 0 Å². The molecule has 1 fully saturated rings. The minimum atomic E-state index is 1.02. The van der Waals surface area contributed by atoms with Crippen LogP contribution in [0.2, 0.25) is 0 Å². The molecule has 3 unspecified atom stereocenters. The summed E-state index contributed by atoms with van der Waals surface area (Å²) < 4.78 is 0. The predicted octanol–water partition coefficient (Wildman–Crippen LogP) is 6.20. The van der Waals surface area contributed by atoms with E-state index in [-0.39, 0.29) is 0 Å². The highest BCUT2D eigenvalue weighted by Gasteiger charge is 2.29. The molecule has 17 heavy (non-hydrogen) atoms. The maximum atomic E-state index is 2.50. The van der Waals surface area contributed by atoms with Crippen molar-refractivity contribution in [1.82, 2.24) is 0 Å². The smallest absolute Gasteiger partial charge is 0.0360 e. The van der Waals surface area contributed by atoms with Gasteiger partial charge in [-0.1, -0.05) is 85.0 Å². The van der Waals surface area contributed by atoms with Gasteiger partial charge in [0.1, 0.15) is 0 Å². The van der Waals surface area contributed by atoms with Crippen LogP contribution >= 0.6 is 0 Å². The van der Waals surface area contributed by atoms with Gasteiger partial charge in [-0.15, -0.1) is 0 Å². The lowest BCUT2D eigenvalue weighted by molar-refractivity contribution is 0.238. The fraction of sp³-hybridized carbons (Fsp3) is 1.00. The third kappa shape index (κ3) is 5.44. The van der Waals surface area contributed by atoms with Gasteiger partial charge in [-0.05, 0) is 24.2 Å². The molecule has 0 bridgehead atoms. The number of hydrogen-bond donors (Lipinski definition) is 0. The second-order valence-corrected chi connectivity index (χ2v) is 6.32. The molecule has 0 heterocycles. The zero-order chi connectivity index (χ0) is 12.5. The molecule has 0 N–H and O–H groups in total. The fourth-order valence-corrected chi connectivity index (χ4v) is 3.83. The summed E-state index contributed by atoms with van der Waals surface area (Å²) in [5.41, 5.74) is 0. The monoisotopic (exact) mass is 238 g/mol. The summed E-state index contributed by atoms with van der Waals surface area (Å²) in [5, 5.41) is 0. The molecule has 102 valence electrons. The molecule has 0 aliphatic heterocycles. The van der Waals surface area contributed by atoms with Gasteiger partial charge in [0.15, 0.2) is 0 Å². The second kappa shape index (κ2) is 9.00. The summed E-state index contributed by atoms with van der Waals surface area (Å²) in [6.45, 7) is 7.17. The van der Waals surface area contributed by atoms with Gasteiger partial charge in [-0.3, -0.25) is 0 Å². The van der Waals surface area contributed by atoms with Gasteiger partial charge in [0.2, 0.25) is 0 Å². The van der Waals surface area contributed by atoms with Crippen LogP contribution in [0.3, 0.4) is 0 Å². The Bertz CT molecular complexity index is 173. The van der Waals surface area contributed by atoms with E-state index in [0.29, 0.717) is 0 Å². The van der Waals surface area contributed by atoms with Gasteiger partial charge in [0, 0.05) is 0 Å². The molecule has 1 rings (SSSR count). The van der Waals surface area contributed by atoms with E-state index in [1.807, 2.05) is 0 Å². The standard InChI is InChI=1S/C17H34/c1-4-6-7-8-9-13-16(11-5-2)17-14-10-12-15(17)3/h15-17H,4-14H2,1-3H3. The summed E-state index contributed by atoms with van der Waals surface area (Å²) in [7, 11) is 0. The van der Waals surface area contributed by atoms with Gasteiger partial charge in [-0.25, -0.2) is 0 Å². The first-order chi connectivity index (χ1) is 8.29. The zero-order valence-electron chi connectivity index (χ0n) is 12.5. The van der Waals surface area contributed by atoms with Gasteiger partial charge >= 0.3 is 0 Å². The van der Waals surface area contributed by atoms with Crippen molar-refractivity contribution >= 4 is 0 Å². The molecule has 0 aromatic carbocycles. The Hall–Kier alpha value is 0. The average Bonchev–Trinajstić information content (AvgIpc) is 2.74. The topological polar surface area (TPSA) is 0 Å². The molecule has 0 amide bonds. The SMILES string of the molecule is CCCCCCCC(CCC)C1CCCC1C. The highest BCUT2D eigenvalue weighted by Crippen LogP contribution is 2.40. The molecule has 1 aliphatic rings. The summed E-state index contributed by atoms with van der Waals surface area (Å²) in [5.74, 6) is 3.14. The number of rotatable bonds is 9. The highest BCUT2D eigenvalue weighted by atomic mass is 14.3. The molecule has 0 spiro atoms. The maximum absolute atomic E-state index is 2.50. The van der Waals surface area contributed by atoms with Gasteiger partial charge in [-0.2, -0.15) is 0 Å². The molecule has 1 aliphatic carbocycles. The molecule has 0 heteroatoms. The largest absolute Gasteiger partial charge is 0.0654 e. The normalized spacial score (nSPS) is 26.3. The van der Waals surface area contributed by atoms with E-state index in [2.05, 4.69) is 20.8 Å². The lowest BCUT2D eigenvalue weighted by Crippen LogP contribution is -2.17. The van der Waals surface area contributed by atoms with Crippen molar-refractivity contribution in [1.29, 1.82) is 0 Å². The van der Waals surface area contributed by atoms with Crippen LogP contribution in [0.4, 0.5) is 0 Å². The first kappa shape index (κ1) is 15.1. The average molecular weight is 238 g/mol. The van der Waals surface area contributed by atoms with E-state index in [1.165, 1.54) is 70.6 Å². The first-order valence-corrected chi connectivity index (χ1v) is 8.29. The van der Waals surface area contributed by atoms with Crippen molar-refractivity contribution in [2.24, 2.45) is 17.8 Å². The first-order valence-electron chi connectivity index (χ1n) is 8.29. The van der Waals surface area contributed by atoms with Crippen LogP contribution in [0.15, 0.2) is 0 Å². The van der Waals surface area contributed by atoms with Crippen molar-refractivity contribution < 1.29 is 0 Å². The molecule has 0 aromatic rings. The zero-order valence-corrected chi connectivity index (χ0v) is 12.5. The molecule has 0 saturated heterocycles. The van der Waals surface area contributed by atoms with Crippen LogP contribution in [0.1, 0.15) is 91.4 Å². The van der Waals surface area contributed by atoms with Crippen LogP contribution in [0.25, 0.3) is 0 Å². The van der Waals surface area contributed by atoms with Crippen LogP contribution < -0.4 is 0 Å². The van der Waals surface area contributed by atoms with E-state index in [0.717, 1.165) is 17.8 Å². The lowest BCUT2D eigenvalue weighted by atomic mass is 9.79. The minimum absolute atomic E-state index is 1.02. The molecule has 3 atom stereocenters. The summed E-state index contributed by atoms with van der Waals surface area (Å²) in [6.07, 6.45) is 16.2. The van der Waals surface area contributed by atoms with Crippen LogP contribution in [-0.4, -0.2) is 0 Å². The Morgan fingerprint density at radius 2 is 1.65 bits per heavy atom. The number of unbranched alkanes of at least 4 members (excludes halogenated alkanes) is 4. The Kier molecular flexibility index (Phi) is 7.97. The maximum Gasteiger partial charge on any atom is -0.0360 e. The van der Waals surface area contributed by atoms with Crippen LogP contribution in [0, 0.1) is 17.8 Å². The predicted molar refractivity (Wildman–Crippen MR) is 78.3 cm³/mol. The minimum Gasteiger partial charge on any atom is -0.0654 e. The van der Waals surface area contributed by atoms with E-state index in [1.54, 1.807) is 0 Å². The van der Waals surface area contributed by atoms with Crippen molar-refractivity contribution in [2.45, 2.75) is 91.4 Å². The molecule has 0 aromatic heterocycles. The Morgan fingerprint density at radius 1 is 0.882 bits per heavy atom. The summed E-state index contributed by atoms with van der Waals surface area (Å²) in [4.78, 5) is 0. The van der Waals surface area contributed by atoms with Gasteiger partial charge < -0.3 is 0 Å². The Morgan fingerprint density at radius 3 is 2.24 bits per heavy atom. The van der Waals surface area contributed by atoms with Gasteiger partial charge in [0.25, 0.3) is 0 Å². The highest BCUT2D eigenvalue weighted by molar-refractivity contribution is 4.80. The van der Waals surface area contributed by atoms with Crippen molar-refractivity contribution in [3.05, 3.63) is 0 Å². The van der Waals surface area contributed by atoms with E-state index >= 15 is 0 Å².